The Labute approximate surface area is 96.1 Å². The van der Waals surface area contributed by atoms with Gasteiger partial charge in [0.05, 0.1) is 10.0 Å². The summed E-state index contributed by atoms with van der Waals surface area (Å²) in [7, 11) is 0. The van der Waals surface area contributed by atoms with Gasteiger partial charge in [-0.05, 0) is 28.2 Å². The SMILES string of the molecule is O=C1CC/C(=C(/I)c2ccccc2)O1. The lowest BCUT2D eigenvalue weighted by atomic mass is 10.2. The summed E-state index contributed by atoms with van der Waals surface area (Å²) in [5, 5.41) is 0. The Morgan fingerprint density at radius 3 is 2.50 bits per heavy atom. The van der Waals surface area contributed by atoms with E-state index in [4.69, 9.17) is 4.74 Å². The minimum Gasteiger partial charge on any atom is -0.430 e. The predicted octanol–water partition coefficient (Wildman–Crippen LogP) is 3.13. The Morgan fingerprint density at radius 2 is 1.93 bits per heavy atom. The summed E-state index contributed by atoms with van der Waals surface area (Å²) >= 11 is 2.22. The molecule has 0 N–H and O–H groups in total. The highest BCUT2D eigenvalue weighted by Gasteiger charge is 2.20. The van der Waals surface area contributed by atoms with Crippen molar-refractivity contribution in [2.24, 2.45) is 0 Å². The number of hydrogen-bond acceptors (Lipinski definition) is 2. The first kappa shape index (κ1) is 9.71. The van der Waals surface area contributed by atoms with E-state index in [9.17, 15) is 4.79 Å². The van der Waals surface area contributed by atoms with E-state index in [-0.39, 0.29) is 5.97 Å². The molecule has 0 atom stereocenters. The number of hydrogen-bond donors (Lipinski definition) is 0. The third-order valence-corrected chi connectivity index (χ3v) is 3.29. The van der Waals surface area contributed by atoms with Crippen molar-refractivity contribution < 1.29 is 9.53 Å². The number of ether oxygens (including phenoxy) is 1. The Hall–Kier alpha value is -0.840. The highest BCUT2D eigenvalue weighted by molar-refractivity contribution is 14.1. The normalized spacial score (nSPS) is 19.4. The zero-order valence-electron chi connectivity index (χ0n) is 7.50. The van der Waals surface area contributed by atoms with Gasteiger partial charge in [0.15, 0.2) is 0 Å². The van der Waals surface area contributed by atoms with E-state index in [0.29, 0.717) is 6.42 Å². The molecular formula is C11H9IO2. The predicted molar refractivity (Wildman–Crippen MR) is 62.7 cm³/mol. The number of esters is 1. The van der Waals surface area contributed by atoms with Gasteiger partial charge in [0.1, 0.15) is 5.76 Å². The van der Waals surface area contributed by atoms with E-state index < -0.39 is 0 Å². The zero-order chi connectivity index (χ0) is 9.97. The van der Waals surface area contributed by atoms with Crippen molar-refractivity contribution in [2.75, 3.05) is 0 Å². The molecule has 14 heavy (non-hydrogen) atoms. The van der Waals surface area contributed by atoms with E-state index >= 15 is 0 Å². The van der Waals surface area contributed by atoms with Crippen molar-refractivity contribution >= 4 is 32.1 Å². The fourth-order valence-electron chi connectivity index (χ4n) is 1.36. The first-order valence-electron chi connectivity index (χ1n) is 4.42. The fraction of sp³-hybridized carbons (Fsp3) is 0.182. The Morgan fingerprint density at radius 1 is 1.21 bits per heavy atom. The van der Waals surface area contributed by atoms with Gasteiger partial charge in [-0.1, -0.05) is 30.3 Å². The average Bonchev–Trinajstić information content (AvgIpc) is 2.65. The Balaban J connectivity index is 2.31. The first-order chi connectivity index (χ1) is 6.77. The molecule has 72 valence electrons. The number of benzene rings is 1. The molecule has 2 rings (SSSR count). The number of cyclic esters (lactones) is 1. The van der Waals surface area contributed by atoms with Crippen molar-refractivity contribution in [3.63, 3.8) is 0 Å². The second-order valence-electron chi connectivity index (χ2n) is 3.08. The smallest absolute Gasteiger partial charge is 0.311 e. The van der Waals surface area contributed by atoms with Crippen LogP contribution < -0.4 is 0 Å². The van der Waals surface area contributed by atoms with Crippen LogP contribution in [0.1, 0.15) is 18.4 Å². The van der Waals surface area contributed by atoms with Crippen LogP contribution in [0.4, 0.5) is 0 Å². The van der Waals surface area contributed by atoms with Crippen LogP contribution >= 0.6 is 22.6 Å². The molecule has 0 radical (unpaired) electrons. The quantitative estimate of drug-likeness (QED) is 0.588. The standard InChI is InChI=1S/C11H9IO2/c12-11(8-4-2-1-3-5-8)9-6-7-10(13)14-9/h1-5H,6-7H2/b11-9-. The van der Waals surface area contributed by atoms with Gasteiger partial charge < -0.3 is 4.74 Å². The molecule has 0 bridgehead atoms. The van der Waals surface area contributed by atoms with Crippen molar-refractivity contribution in [2.45, 2.75) is 12.8 Å². The van der Waals surface area contributed by atoms with Crippen LogP contribution in [-0.4, -0.2) is 5.97 Å². The van der Waals surface area contributed by atoms with Gasteiger partial charge in [-0.3, -0.25) is 4.79 Å². The van der Waals surface area contributed by atoms with Crippen LogP contribution in [0.5, 0.6) is 0 Å². The molecule has 0 aromatic heterocycles. The molecule has 1 aliphatic heterocycles. The maximum atomic E-state index is 10.9. The minimum atomic E-state index is -0.120. The highest BCUT2D eigenvalue weighted by atomic mass is 127. The van der Waals surface area contributed by atoms with E-state index in [2.05, 4.69) is 22.6 Å². The minimum absolute atomic E-state index is 0.120. The second kappa shape index (κ2) is 4.13. The second-order valence-corrected chi connectivity index (χ2v) is 4.16. The molecule has 3 heteroatoms. The molecule has 1 aromatic carbocycles. The van der Waals surface area contributed by atoms with Crippen molar-refractivity contribution in [3.05, 3.63) is 41.7 Å². The topological polar surface area (TPSA) is 26.3 Å². The lowest BCUT2D eigenvalue weighted by Gasteiger charge is -2.02. The lowest BCUT2D eigenvalue weighted by Crippen LogP contribution is -1.90. The largest absolute Gasteiger partial charge is 0.430 e. The third-order valence-electron chi connectivity index (χ3n) is 2.07. The van der Waals surface area contributed by atoms with Crippen molar-refractivity contribution in [1.82, 2.24) is 0 Å². The maximum Gasteiger partial charge on any atom is 0.311 e. The van der Waals surface area contributed by atoms with Crippen LogP contribution in [-0.2, 0) is 9.53 Å². The van der Waals surface area contributed by atoms with Crippen molar-refractivity contribution in [1.29, 1.82) is 0 Å². The Kier molecular flexibility index (Phi) is 2.86. The highest BCUT2D eigenvalue weighted by Crippen LogP contribution is 2.32. The van der Waals surface area contributed by atoms with Crippen LogP contribution in [0.25, 0.3) is 3.58 Å². The molecule has 0 saturated carbocycles. The van der Waals surface area contributed by atoms with Gasteiger partial charge in [-0.15, -0.1) is 0 Å². The monoisotopic (exact) mass is 300 g/mol. The molecule has 1 fully saturated rings. The molecule has 0 amide bonds. The molecule has 0 spiro atoms. The van der Waals surface area contributed by atoms with Crippen LogP contribution in [0.3, 0.4) is 0 Å². The molecule has 1 aliphatic rings. The van der Waals surface area contributed by atoms with Gasteiger partial charge in [-0.2, -0.15) is 0 Å². The number of allylic oxidation sites excluding steroid dienone is 1. The summed E-state index contributed by atoms with van der Waals surface area (Å²) in [6, 6.07) is 9.96. The van der Waals surface area contributed by atoms with Gasteiger partial charge in [0.2, 0.25) is 0 Å². The maximum absolute atomic E-state index is 10.9. The van der Waals surface area contributed by atoms with Crippen molar-refractivity contribution in [3.8, 4) is 0 Å². The van der Waals surface area contributed by atoms with E-state index in [1.54, 1.807) is 0 Å². The molecule has 1 heterocycles. The average molecular weight is 300 g/mol. The fourth-order valence-corrected chi connectivity index (χ4v) is 2.09. The molecule has 2 nitrogen and oxygen atoms in total. The number of halogens is 1. The van der Waals surface area contributed by atoms with E-state index in [1.165, 1.54) is 0 Å². The molecule has 0 aliphatic carbocycles. The summed E-state index contributed by atoms with van der Waals surface area (Å²) in [6.45, 7) is 0. The first-order valence-corrected chi connectivity index (χ1v) is 5.50. The summed E-state index contributed by atoms with van der Waals surface area (Å²) in [4.78, 5) is 10.9. The summed E-state index contributed by atoms with van der Waals surface area (Å²) in [5.74, 6) is 0.687. The van der Waals surface area contributed by atoms with Gasteiger partial charge in [-0.25, -0.2) is 0 Å². The number of carbonyl (C=O) groups is 1. The molecular weight excluding hydrogens is 291 g/mol. The van der Waals surface area contributed by atoms with Gasteiger partial charge in [0.25, 0.3) is 0 Å². The van der Waals surface area contributed by atoms with Crippen LogP contribution in [0.15, 0.2) is 36.1 Å². The van der Waals surface area contributed by atoms with Crippen LogP contribution in [0.2, 0.25) is 0 Å². The summed E-state index contributed by atoms with van der Waals surface area (Å²) < 4.78 is 6.15. The van der Waals surface area contributed by atoms with Gasteiger partial charge in [0, 0.05) is 6.42 Å². The van der Waals surface area contributed by atoms with E-state index in [0.717, 1.165) is 21.3 Å². The third kappa shape index (κ3) is 1.97. The summed E-state index contributed by atoms with van der Waals surface area (Å²) in [5.41, 5.74) is 1.11. The zero-order valence-corrected chi connectivity index (χ0v) is 9.65. The summed E-state index contributed by atoms with van der Waals surface area (Å²) in [6.07, 6.45) is 1.24. The van der Waals surface area contributed by atoms with Crippen LogP contribution in [0, 0.1) is 0 Å². The lowest BCUT2D eigenvalue weighted by molar-refractivity contribution is -0.135. The number of carbonyl (C=O) groups excluding carboxylic acids is 1. The molecule has 1 aromatic rings. The molecule has 1 saturated heterocycles. The van der Waals surface area contributed by atoms with E-state index in [1.807, 2.05) is 30.3 Å². The molecule has 0 unspecified atom stereocenters. The number of rotatable bonds is 1. The Bertz CT molecular complexity index is 382. The van der Waals surface area contributed by atoms with Gasteiger partial charge >= 0.3 is 5.97 Å².